The van der Waals surface area contributed by atoms with E-state index in [1.807, 2.05) is 0 Å². The summed E-state index contributed by atoms with van der Waals surface area (Å²) in [7, 11) is 0. The Balaban J connectivity index is 0.992. The van der Waals surface area contributed by atoms with Gasteiger partial charge in [0.25, 0.3) is 0 Å². The minimum Gasteiger partial charge on any atom is -0.481 e. The highest BCUT2D eigenvalue weighted by Crippen LogP contribution is 2.76. The lowest BCUT2D eigenvalue weighted by Gasteiger charge is -2.71. The van der Waals surface area contributed by atoms with E-state index >= 15 is 4.79 Å². The van der Waals surface area contributed by atoms with Gasteiger partial charge in [0, 0.05) is 0 Å². The van der Waals surface area contributed by atoms with E-state index in [2.05, 4.69) is 40.7 Å². The Hall–Kier alpha value is -2.12. The molecule has 9 aliphatic rings. The summed E-state index contributed by atoms with van der Waals surface area (Å²) in [6.45, 7) is 10.2. The Kier molecular flexibility index (Phi) is 16.7. The number of fused-ring (bicyclic) bond motifs is 7. The van der Waals surface area contributed by atoms with Gasteiger partial charge in [-0.3, -0.25) is 9.59 Å². The van der Waals surface area contributed by atoms with Gasteiger partial charge in [0.15, 0.2) is 18.9 Å². The molecule has 0 radical (unpaired) electrons. The van der Waals surface area contributed by atoms with Crippen LogP contribution >= 0.6 is 0 Å². The van der Waals surface area contributed by atoms with Crippen molar-refractivity contribution in [3.63, 3.8) is 0 Å². The van der Waals surface area contributed by atoms with Crippen LogP contribution in [0, 0.1) is 50.2 Å². The minimum absolute atomic E-state index is 0.00774. The van der Waals surface area contributed by atoms with Gasteiger partial charge in [0.1, 0.15) is 91.6 Å². The maximum atomic E-state index is 15.4. The van der Waals surface area contributed by atoms with Crippen molar-refractivity contribution in [2.45, 2.75) is 229 Å². The molecule has 0 unspecified atom stereocenters. The minimum atomic E-state index is -2.02. The number of carbonyl (C=O) groups is 2. The SMILES string of the molecule is CC1(C)CC[C@]2(C(=O)O[C@@H]3O[C@H](CO[C@@H]4O[C@H](CO)[C@@H](O)[C@H](O)[C@H]4O)[C@@H](O)[C@H](O[C@@H]4O[C@H](CO)[C@@H](O)[C@H](O)[C@H]4O)[C@H]3O)CC[C@]3(C)C(=CC[C@@H]4[C@@]5(C)CC[C@H](O[C@@H]6OC[C@H](O)[C@H](O)[C@H]6O)[C@@](C)(C(=O)O)[C@@H]5CC[C@]43C)[C@@H]2C1. The Bertz CT molecular complexity index is 2160. The molecule has 0 amide bonds. The van der Waals surface area contributed by atoms with Crippen LogP contribution in [-0.4, -0.2) is 233 Å². The second-order valence-corrected chi connectivity index (χ2v) is 25.6. The van der Waals surface area contributed by atoms with E-state index in [1.165, 1.54) is 0 Å². The van der Waals surface area contributed by atoms with Crippen LogP contribution in [0.5, 0.6) is 0 Å². The molecule has 77 heavy (non-hydrogen) atoms. The number of ether oxygens (including phenoxy) is 8. The van der Waals surface area contributed by atoms with Crippen LogP contribution in [0.4, 0.5) is 0 Å². The lowest BCUT2D eigenvalue weighted by Crippen LogP contribution is -2.67. The number of hydrogen-bond acceptors (Lipinski definition) is 23. The topological polar surface area (TPSA) is 391 Å². The standard InChI is InChI=1S/C53H84O24/c1-48(2)13-15-53(47(69)77-45-40(66)41(76-44-39(65)36(62)33(59)26(19-55)73-44)34(60)27(74-45)21-71-42-38(64)35(61)32(58)25(18-54)72-42)16-14-50(4)22(23(53)17-48)7-8-28-49(3)11-10-30(75-43-37(63)31(57)24(56)20-70-43)52(6,46(67)68)29(49)9-12-51(28,50)5/h7,23-45,54-66H,8-21H2,1-6H3,(H,67,68)/t23-,24-,25+,26+,27+,28+,29+,30-,31-,32+,33+,34+,35-,36-,37+,38+,39+,40+,41-,42+,43-,44-,45-,49+,50+,51+,52-,53-/m0/s1. The number of aliphatic hydroxyl groups is 13. The number of allylic oxidation sites excluding steroid dienone is 2. The molecule has 24 heteroatoms. The summed E-state index contributed by atoms with van der Waals surface area (Å²) in [5.74, 6) is -2.49. The van der Waals surface area contributed by atoms with Crippen LogP contribution in [0.1, 0.15) is 106 Å². The fourth-order valence-electron chi connectivity index (χ4n) is 16.1. The molecule has 9 rings (SSSR count). The number of esters is 1. The van der Waals surface area contributed by atoms with E-state index < -0.39 is 182 Å². The number of aliphatic hydroxyl groups excluding tert-OH is 13. The molecule has 4 saturated heterocycles. The molecule has 5 aliphatic carbocycles. The summed E-state index contributed by atoms with van der Waals surface area (Å²) in [5, 5.41) is 149. The van der Waals surface area contributed by atoms with Crippen LogP contribution in [0.2, 0.25) is 0 Å². The molecular formula is C53H84O24. The first-order valence-corrected chi connectivity index (χ1v) is 27.4. The Morgan fingerprint density at radius 2 is 1.21 bits per heavy atom. The molecule has 0 aromatic rings. The number of rotatable bonds is 12. The van der Waals surface area contributed by atoms with Crippen molar-refractivity contribution < 1.29 is 119 Å². The van der Waals surface area contributed by atoms with Crippen LogP contribution in [0.15, 0.2) is 11.6 Å². The Morgan fingerprint density at radius 1 is 0.610 bits per heavy atom. The van der Waals surface area contributed by atoms with Crippen molar-refractivity contribution in [1.29, 1.82) is 0 Å². The first-order chi connectivity index (χ1) is 36.0. The maximum Gasteiger partial charge on any atom is 0.315 e. The number of carboxylic acids is 1. The number of carbonyl (C=O) groups excluding carboxylic acids is 1. The van der Waals surface area contributed by atoms with Gasteiger partial charge in [-0.1, -0.05) is 46.3 Å². The molecule has 4 aliphatic heterocycles. The van der Waals surface area contributed by atoms with Crippen molar-refractivity contribution in [1.82, 2.24) is 0 Å². The molecule has 0 aromatic heterocycles. The van der Waals surface area contributed by atoms with Gasteiger partial charge in [0.2, 0.25) is 6.29 Å². The third-order valence-electron chi connectivity index (χ3n) is 21.1. The van der Waals surface area contributed by atoms with Gasteiger partial charge in [-0.2, -0.15) is 0 Å². The van der Waals surface area contributed by atoms with Crippen LogP contribution in [0.25, 0.3) is 0 Å². The summed E-state index contributed by atoms with van der Waals surface area (Å²) >= 11 is 0. The molecule has 28 atom stereocenters. The lowest BCUT2D eigenvalue weighted by atomic mass is 9.33. The zero-order chi connectivity index (χ0) is 56.3. The van der Waals surface area contributed by atoms with Crippen molar-refractivity contribution in [3.05, 3.63) is 11.6 Å². The molecule has 4 saturated carbocycles. The molecule has 4 heterocycles. The lowest BCUT2D eigenvalue weighted by molar-refractivity contribution is -0.363. The highest BCUT2D eigenvalue weighted by atomic mass is 16.8. The highest BCUT2D eigenvalue weighted by Gasteiger charge is 2.72. The van der Waals surface area contributed by atoms with Gasteiger partial charge in [-0.05, 0) is 111 Å². The maximum absolute atomic E-state index is 15.4. The molecule has 0 bridgehead atoms. The van der Waals surface area contributed by atoms with Crippen LogP contribution in [0.3, 0.4) is 0 Å². The van der Waals surface area contributed by atoms with E-state index in [9.17, 15) is 76.3 Å². The summed E-state index contributed by atoms with van der Waals surface area (Å²) < 4.78 is 47.0. The first-order valence-electron chi connectivity index (χ1n) is 27.4. The Morgan fingerprint density at radius 3 is 1.84 bits per heavy atom. The normalized spacial score (nSPS) is 53.6. The van der Waals surface area contributed by atoms with Crippen LogP contribution < -0.4 is 0 Å². The van der Waals surface area contributed by atoms with E-state index in [1.54, 1.807) is 6.92 Å². The number of aliphatic carboxylic acids is 1. The van der Waals surface area contributed by atoms with Gasteiger partial charge in [-0.15, -0.1) is 0 Å². The number of carboxylic acid groups (broad SMARTS) is 1. The van der Waals surface area contributed by atoms with E-state index in [0.717, 1.165) is 5.57 Å². The Labute approximate surface area is 446 Å². The van der Waals surface area contributed by atoms with Crippen molar-refractivity contribution in [2.75, 3.05) is 26.4 Å². The summed E-state index contributed by atoms with van der Waals surface area (Å²) in [6.07, 6.45) is -25.9. The smallest absolute Gasteiger partial charge is 0.315 e. The predicted octanol–water partition coefficient (Wildman–Crippen LogP) is -2.33. The summed E-state index contributed by atoms with van der Waals surface area (Å²) in [6, 6.07) is 0. The predicted molar refractivity (Wildman–Crippen MR) is 259 cm³/mol. The fourth-order valence-corrected chi connectivity index (χ4v) is 16.1. The van der Waals surface area contributed by atoms with Gasteiger partial charge in [0.05, 0.1) is 43.4 Å². The molecular weight excluding hydrogens is 1020 g/mol. The third kappa shape index (κ3) is 9.65. The van der Waals surface area contributed by atoms with Gasteiger partial charge < -0.3 is 109 Å². The average molecular weight is 1110 g/mol. The summed E-state index contributed by atoms with van der Waals surface area (Å²) in [4.78, 5) is 29.1. The second-order valence-electron chi connectivity index (χ2n) is 25.6. The van der Waals surface area contributed by atoms with E-state index in [0.29, 0.717) is 64.2 Å². The zero-order valence-corrected chi connectivity index (χ0v) is 44.6. The highest BCUT2D eigenvalue weighted by molar-refractivity contribution is 5.79. The summed E-state index contributed by atoms with van der Waals surface area (Å²) in [5.41, 5.74) is -3.10. The largest absolute Gasteiger partial charge is 0.481 e. The zero-order valence-electron chi connectivity index (χ0n) is 44.6. The monoisotopic (exact) mass is 1100 g/mol. The molecule has 8 fully saturated rings. The average Bonchev–Trinajstić information content (AvgIpc) is 3.58. The van der Waals surface area contributed by atoms with E-state index in [4.69, 9.17) is 37.9 Å². The second kappa shape index (κ2) is 21.6. The van der Waals surface area contributed by atoms with Crippen LogP contribution in [-0.2, 0) is 47.5 Å². The molecule has 0 spiro atoms. The van der Waals surface area contributed by atoms with Gasteiger partial charge in [-0.25, -0.2) is 0 Å². The quantitative estimate of drug-likeness (QED) is 0.0554. The third-order valence-corrected chi connectivity index (χ3v) is 21.1. The van der Waals surface area contributed by atoms with Crippen molar-refractivity contribution in [2.24, 2.45) is 50.2 Å². The van der Waals surface area contributed by atoms with Gasteiger partial charge >= 0.3 is 11.9 Å². The molecule has 0 aromatic carbocycles. The first kappa shape index (κ1) is 59.5. The van der Waals surface area contributed by atoms with E-state index in [-0.39, 0.29) is 29.8 Å². The molecule has 24 nitrogen and oxygen atoms in total. The van der Waals surface area contributed by atoms with Crippen molar-refractivity contribution in [3.8, 4) is 0 Å². The molecule has 440 valence electrons. The molecule has 14 N–H and O–H groups in total. The fraction of sp³-hybridized carbons (Fsp3) is 0.925. The number of hydrogen-bond donors (Lipinski definition) is 14. The van der Waals surface area contributed by atoms with Crippen molar-refractivity contribution >= 4 is 11.9 Å².